The fourth-order valence-corrected chi connectivity index (χ4v) is 3.14. The lowest BCUT2D eigenvalue weighted by Gasteiger charge is -2.14. The molecule has 1 aliphatic heterocycles. The smallest absolute Gasteiger partial charge is 0.0459 e. The van der Waals surface area contributed by atoms with Crippen LogP contribution < -0.4 is 0 Å². The van der Waals surface area contributed by atoms with Crippen molar-refractivity contribution >= 4 is 10.9 Å². The number of fused-ring (bicyclic) bond motifs is 3. The molecule has 1 atom stereocenters. The van der Waals surface area contributed by atoms with Gasteiger partial charge in [-0.25, -0.2) is 0 Å². The number of hydrogen-bond acceptors (Lipinski definition) is 1. The Kier molecular flexibility index (Phi) is 3.13. The molecule has 0 amide bonds. The summed E-state index contributed by atoms with van der Waals surface area (Å²) in [6.45, 7) is 4.76. The average molecular weight is 242 g/mol. The highest BCUT2D eigenvalue weighted by Gasteiger charge is 2.18. The molecule has 0 radical (unpaired) electrons. The van der Waals surface area contributed by atoms with Crippen molar-refractivity contribution in [1.29, 1.82) is 0 Å². The first-order valence-corrected chi connectivity index (χ1v) is 7.03. The van der Waals surface area contributed by atoms with Gasteiger partial charge in [0.1, 0.15) is 0 Å². The Balaban J connectivity index is 2.09. The van der Waals surface area contributed by atoms with Gasteiger partial charge in [-0.3, -0.25) is 0 Å². The van der Waals surface area contributed by atoms with Crippen LogP contribution in [0.5, 0.6) is 0 Å². The maximum atomic E-state index is 3.66. The number of benzene rings is 1. The summed E-state index contributed by atoms with van der Waals surface area (Å²) in [7, 11) is 2.24. The van der Waals surface area contributed by atoms with Crippen LogP contribution >= 0.6 is 0 Å². The topological polar surface area (TPSA) is 19.0 Å². The van der Waals surface area contributed by atoms with E-state index in [1.807, 2.05) is 0 Å². The summed E-state index contributed by atoms with van der Waals surface area (Å²) in [6, 6.07) is 8.73. The average Bonchev–Trinajstić information content (AvgIpc) is 2.76. The van der Waals surface area contributed by atoms with E-state index in [1.54, 1.807) is 5.56 Å². The standard InChI is InChI=1S/C16H22N2/c1-12-6-5-10-18(2)11-9-14-13-7-3-4-8-15(13)17-16(12)14/h3-4,7-8,12,17H,5-6,9-11H2,1-2H3. The van der Waals surface area contributed by atoms with Gasteiger partial charge in [-0.05, 0) is 50.4 Å². The van der Waals surface area contributed by atoms with Crippen LogP contribution in [0.1, 0.15) is 36.9 Å². The Bertz CT molecular complexity index is 541. The number of aromatic amines is 1. The Morgan fingerprint density at radius 1 is 1.22 bits per heavy atom. The molecule has 2 heteroatoms. The van der Waals surface area contributed by atoms with Gasteiger partial charge in [0, 0.05) is 23.1 Å². The van der Waals surface area contributed by atoms with Gasteiger partial charge in [0.2, 0.25) is 0 Å². The van der Waals surface area contributed by atoms with Gasteiger partial charge in [-0.1, -0.05) is 25.1 Å². The molecule has 1 unspecified atom stereocenters. The second-order valence-corrected chi connectivity index (χ2v) is 5.66. The van der Waals surface area contributed by atoms with Gasteiger partial charge in [-0.2, -0.15) is 0 Å². The molecule has 0 spiro atoms. The van der Waals surface area contributed by atoms with Crippen molar-refractivity contribution in [1.82, 2.24) is 9.88 Å². The van der Waals surface area contributed by atoms with Crippen molar-refractivity contribution in [2.45, 2.75) is 32.1 Å². The van der Waals surface area contributed by atoms with Gasteiger partial charge in [0.25, 0.3) is 0 Å². The third kappa shape index (κ3) is 2.05. The molecule has 1 aromatic heterocycles. The molecule has 1 aromatic carbocycles. The molecule has 2 heterocycles. The lowest BCUT2D eigenvalue weighted by atomic mass is 9.96. The van der Waals surface area contributed by atoms with Gasteiger partial charge >= 0.3 is 0 Å². The molecular weight excluding hydrogens is 220 g/mol. The molecule has 0 saturated carbocycles. The van der Waals surface area contributed by atoms with Crippen molar-refractivity contribution in [3.05, 3.63) is 35.5 Å². The number of H-pyrrole nitrogens is 1. The first-order chi connectivity index (χ1) is 8.75. The summed E-state index contributed by atoms with van der Waals surface area (Å²) in [4.78, 5) is 6.12. The van der Waals surface area contributed by atoms with Crippen LogP contribution in [0.4, 0.5) is 0 Å². The molecule has 0 aliphatic carbocycles. The summed E-state index contributed by atoms with van der Waals surface area (Å²) < 4.78 is 0. The number of nitrogens with zero attached hydrogens (tertiary/aromatic N) is 1. The van der Waals surface area contributed by atoms with E-state index in [9.17, 15) is 0 Å². The predicted octanol–water partition coefficient (Wildman–Crippen LogP) is 3.54. The Hall–Kier alpha value is -1.28. The van der Waals surface area contributed by atoms with Crippen molar-refractivity contribution in [3.8, 4) is 0 Å². The summed E-state index contributed by atoms with van der Waals surface area (Å²) in [5.41, 5.74) is 4.33. The Morgan fingerprint density at radius 3 is 2.94 bits per heavy atom. The minimum absolute atomic E-state index is 0.652. The van der Waals surface area contributed by atoms with Crippen LogP contribution in [0, 0.1) is 0 Å². The van der Waals surface area contributed by atoms with Crippen LogP contribution in [0.2, 0.25) is 0 Å². The molecule has 0 bridgehead atoms. The minimum Gasteiger partial charge on any atom is -0.358 e. The first kappa shape index (κ1) is 11.8. The van der Waals surface area contributed by atoms with E-state index in [1.165, 1.54) is 48.9 Å². The van der Waals surface area contributed by atoms with Crippen LogP contribution in [0.15, 0.2) is 24.3 Å². The molecule has 3 rings (SSSR count). The molecule has 18 heavy (non-hydrogen) atoms. The van der Waals surface area contributed by atoms with Crippen molar-refractivity contribution in [3.63, 3.8) is 0 Å². The van der Waals surface area contributed by atoms with E-state index in [2.05, 4.69) is 48.1 Å². The SMILES string of the molecule is CC1CCCN(C)CCc2c1[nH]c1ccccc21. The normalized spacial score (nSPS) is 22.2. The van der Waals surface area contributed by atoms with E-state index < -0.39 is 0 Å². The third-order valence-electron chi connectivity index (χ3n) is 4.26. The number of nitrogens with one attached hydrogen (secondary N) is 1. The number of aromatic nitrogens is 1. The molecule has 0 saturated heterocycles. The highest BCUT2D eigenvalue weighted by atomic mass is 15.1. The number of likely N-dealkylation sites (N-methyl/N-ethyl adjacent to an activating group) is 1. The second kappa shape index (κ2) is 4.77. The van der Waals surface area contributed by atoms with Crippen molar-refractivity contribution in [2.24, 2.45) is 0 Å². The van der Waals surface area contributed by atoms with Gasteiger partial charge in [0.05, 0.1) is 0 Å². The lowest BCUT2D eigenvalue weighted by molar-refractivity contribution is 0.331. The van der Waals surface area contributed by atoms with Crippen LogP contribution in [0.25, 0.3) is 10.9 Å². The zero-order valence-corrected chi connectivity index (χ0v) is 11.4. The Morgan fingerprint density at radius 2 is 2.06 bits per heavy atom. The van der Waals surface area contributed by atoms with Crippen LogP contribution in [0.3, 0.4) is 0 Å². The lowest BCUT2D eigenvalue weighted by Crippen LogP contribution is -2.21. The van der Waals surface area contributed by atoms with E-state index in [-0.39, 0.29) is 0 Å². The van der Waals surface area contributed by atoms with Gasteiger partial charge < -0.3 is 9.88 Å². The van der Waals surface area contributed by atoms with E-state index in [4.69, 9.17) is 0 Å². The molecule has 96 valence electrons. The molecule has 1 aliphatic rings. The minimum atomic E-state index is 0.652. The zero-order chi connectivity index (χ0) is 12.5. The molecule has 1 N–H and O–H groups in total. The highest BCUT2D eigenvalue weighted by molar-refractivity contribution is 5.84. The maximum absolute atomic E-state index is 3.66. The van der Waals surface area contributed by atoms with Crippen molar-refractivity contribution < 1.29 is 0 Å². The summed E-state index contributed by atoms with van der Waals surface area (Å²) >= 11 is 0. The molecule has 0 fully saturated rings. The molecule has 2 nitrogen and oxygen atoms in total. The first-order valence-electron chi connectivity index (χ1n) is 7.03. The zero-order valence-electron chi connectivity index (χ0n) is 11.4. The number of rotatable bonds is 0. The van der Waals surface area contributed by atoms with Crippen molar-refractivity contribution in [2.75, 3.05) is 20.1 Å². The fraction of sp³-hybridized carbons (Fsp3) is 0.500. The number of para-hydroxylation sites is 1. The Labute approximate surface area is 109 Å². The molecule has 2 aromatic rings. The van der Waals surface area contributed by atoms with E-state index in [0.29, 0.717) is 5.92 Å². The maximum Gasteiger partial charge on any atom is 0.0459 e. The third-order valence-corrected chi connectivity index (χ3v) is 4.26. The summed E-state index contributed by atoms with van der Waals surface area (Å²) in [5, 5.41) is 1.43. The van der Waals surface area contributed by atoms with Crippen LogP contribution in [-0.4, -0.2) is 30.0 Å². The summed E-state index contributed by atoms with van der Waals surface area (Å²) in [6.07, 6.45) is 3.75. The van der Waals surface area contributed by atoms with Gasteiger partial charge in [-0.15, -0.1) is 0 Å². The van der Waals surface area contributed by atoms with Gasteiger partial charge in [0.15, 0.2) is 0 Å². The van der Waals surface area contributed by atoms with E-state index in [0.717, 1.165) is 0 Å². The van der Waals surface area contributed by atoms with E-state index >= 15 is 0 Å². The quantitative estimate of drug-likeness (QED) is 0.748. The predicted molar refractivity (Wildman–Crippen MR) is 77.1 cm³/mol. The highest BCUT2D eigenvalue weighted by Crippen LogP contribution is 2.31. The monoisotopic (exact) mass is 242 g/mol. The second-order valence-electron chi connectivity index (χ2n) is 5.66. The fourth-order valence-electron chi connectivity index (χ4n) is 3.14. The van der Waals surface area contributed by atoms with Crippen LogP contribution in [-0.2, 0) is 6.42 Å². The number of hydrogen-bond donors (Lipinski definition) is 1. The molecular formula is C16H22N2. The largest absolute Gasteiger partial charge is 0.358 e. The summed E-state index contributed by atoms with van der Waals surface area (Å²) in [5.74, 6) is 0.652.